The number of alkyl halides is 3. The number of carbonyl (C=O) groups excluding carboxylic acids is 2. The van der Waals surface area contributed by atoms with Gasteiger partial charge in [0.05, 0.1) is 12.7 Å². The predicted octanol–water partition coefficient (Wildman–Crippen LogP) is 6.02. The molecule has 3 heterocycles. The first kappa shape index (κ1) is 24.0. The van der Waals surface area contributed by atoms with Gasteiger partial charge in [0, 0.05) is 17.1 Å². The summed E-state index contributed by atoms with van der Waals surface area (Å²) >= 11 is 0. The van der Waals surface area contributed by atoms with Gasteiger partial charge in [0.15, 0.2) is 22.9 Å². The van der Waals surface area contributed by atoms with E-state index in [1.165, 1.54) is 31.4 Å². The number of halogens is 3. The third-order valence-corrected chi connectivity index (χ3v) is 5.76. The average molecular weight is 513 g/mol. The van der Waals surface area contributed by atoms with Crippen LogP contribution in [-0.4, -0.2) is 30.3 Å². The Morgan fingerprint density at radius 2 is 1.81 bits per heavy atom. The molecule has 5 rings (SSSR count). The Morgan fingerprint density at radius 3 is 2.49 bits per heavy atom. The lowest BCUT2D eigenvalue weighted by Gasteiger charge is -2.25. The topological polar surface area (TPSA) is 102 Å². The number of hydrogen-bond acceptors (Lipinski definition) is 7. The number of ketones is 1. The number of rotatable bonds is 6. The van der Waals surface area contributed by atoms with E-state index >= 15 is 0 Å². The van der Waals surface area contributed by atoms with Gasteiger partial charge in [-0.2, -0.15) is 0 Å². The molecule has 1 unspecified atom stereocenters. The number of ether oxygens (including phenoxy) is 2. The van der Waals surface area contributed by atoms with E-state index in [2.05, 4.69) is 4.74 Å². The van der Waals surface area contributed by atoms with Crippen molar-refractivity contribution in [2.45, 2.75) is 19.3 Å². The van der Waals surface area contributed by atoms with E-state index in [4.69, 9.17) is 13.6 Å². The Kier molecular flexibility index (Phi) is 5.70. The number of aliphatic hydroxyl groups is 1. The van der Waals surface area contributed by atoms with Gasteiger partial charge in [-0.3, -0.25) is 14.5 Å². The highest BCUT2D eigenvalue weighted by Crippen LogP contribution is 2.44. The first-order valence-electron chi connectivity index (χ1n) is 10.9. The number of amides is 1. The Hall–Kier alpha value is -4.67. The molecule has 1 N–H and O–H groups in total. The average Bonchev–Trinajstić information content (AvgIpc) is 3.54. The molecule has 0 radical (unpaired) electrons. The van der Waals surface area contributed by atoms with Gasteiger partial charge in [0.2, 0.25) is 5.78 Å². The van der Waals surface area contributed by atoms with E-state index in [9.17, 15) is 27.9 Å². The van der Waals surface area contributed by atoms with E-state index < -0.39 is 35.6 Å². The highest BCUT2D eigenvalue weighted by Gasteiger charge is 2.47. The highest BCUT2D eigenvalue weighted by atomic mass is 19.4. The summed E-state index contributed by atoms with van der Waals surface area (Å²) < 4.78 is 59.1. The molecule has 0 aliphatic carbocycles. The molecule has 0 saturated carbocycles. The van der Waals surface area contributed by atoms with Gasteiger partial charge in [-0.15, -0.1) is 13.2 Å². The molecule has 8 nitrogen and oxygen atoms in total. The number of benzene rings is 2. The maximum atomic E-state index is 13.6. The molecule has 1 aliphatic heterocycles. The zero-order valence-corrected chi connectivity index (χ0v) is 19.3. The second-order valence-electron chi connectivity index (χ2n) is 8.15. The van der Waals surface area contributed by atoms with Crippen molar-refractivity contribution in [2.24, 2.45) is 0 Å². The maximum Gasteiger partial charge on any atom is 0.573 e. The number of nitrogens with zero attached hydrogens (tertiary/aromatic N) is 1. The van der Waals surface area contributed by atoms with Crippen LogP contribution >= 0.6 is 0 Å². The van der Waals surface area contributed by atoms with Crippen LogP contribution in [0.3, 0.4) is 0 Å². The molecule has 11 heteroatoms. The number of furan rings is 2. The summed E-state index contributed by atoms with van der Waals surface area (Å²) in [6.45, 7) is 1.64. The number of hydrogen-bond donors (Lipinski definition) is 1. The van der Waals surface area contributed by atoms with Crippen molar-refractivity contribution in [1.82, 2.24) is 0 Å². The van der Waals surface area contributed by atoms with Crippen LogP contribution < -0.4 is 14.4 Å². The number of aliphatic hydroxyl groups excluding tert-OH is 1. The van der Waals surface area contributed by atoms with Crippen LogP contribution in [0.25, 0.3) is 11.0 Å². The molecular weight excluding hydrogens is 495 g/mol. The van der Waals surface area contributed by atoms with Crippen LogP contribution in [0.5, 0.6) is 11.5 Å². The maximum absolute atomic E-state index is 13.6. The predicted molar refractivity (Wildman–Crippen MR) is 124 cm³/mol. The van der Waals surface area contributed by atoms with Crippen molar-refractivity contribution in [2.75, 3.05) is 12.0 Å². The van der Waals surface area contributed by atoms with Crippen LogP contribution in [0.15, 0.2) is 80.8 Å². The number of anilines is 1. The Balaban J connectivity index is 1.62. The van der Waals surface area contributed by atoms with E-state index in [0.717, 1.165) is 17.0 Å². The summed E-state index contributed by atoms with van der Waals surface area (Å²) in [4.78, 5) is 27.8. The zero-order valence-electron chi connectivity index (χ0n) is 19.3. The summed E-state index contributed by atoms with van der Waals surface area (Å²) in [6, 6.07) is 12.9. The van der Waals surface area contributed by atoms with Gasteiger partial charge in [-0.05, 0) is 43.3 Å². The lowest BCUT2D eigenvalue weighted by atomic mass is 9.99. The van der Waals surface area contributed by atoms with Gasteiger partial charge in [-0.1, -0.05) is 18.2 Å². The minimum absolute atomic E-state index is 0.0635. The largest absolute Gasteiger partial charge is 0.573 e. The fourth-order valence-corrected chi connectivity index (χ4v) is 4.25. The van der Waals surface area contributed by atoms with E-state index in [0.29, 0.717) is 16.9 Å². The van der Waals surface area contributed by atoms with Gasteiger partial charge in [-0.25, -0.2) is 0 Å². The second kappa shape index (κ2) is 8.77. The third kappa shape index (κ3) is 4.28. The monoisotopic (exact) mass is 513 g/mol. The van der Waals surface area contributed by atoms with Crippen molar-refractivity contribution in [3.8, 4) is 11.5 Å². The van der Waals surface area contributed by atoms with E-state index in [1.54, 1.807) is 31.2 Å². The molecule has 37 heavy (non-hydrogen) atoms. The summed E-state index contributed by atoms with van der Waals surface area (Å²) in [5, 5.41) is 11.4. The summed E-state index contributed by atoms with van der Waals surface area (Å²) in [6.07, 6.45) is -4.96. The Bertz CT molecular complexity index is 1560. The second-order valence-corrected chi connectivity index (χ2v) is 8.15. The van der Waals surface area contributed by atoms with Crippen LogP contribution in [0.1, 0.15) is 28.1 Å². The van der Waals surface area contributed by atoms with Gasteiger partial charge < -0.3 is 23.4 Å². The first-order valence-corrected chi connectivity index (χ1v) is 10.9. The molecule has 0 fully saturated rings. The number of methoxy groups -OCH3 is 1. The van der Waals surface area contributed by atoms with Gasteiger partial charge in [0.25, 0.3) is 5.91 Å². The smallest absolute Gasteiger partial charge is 0.503 e. The van der Waals surface area contributed by atoms with Crippen molar-refractivity contribution in [1.29, 1.82) is 0 Å². The van der Waals surface area contributed by atoms with Crippen molar-refractivity contribution in [3.63, 3.8) is 0 Å². The molecule has 1 amide bonds. The summed E-state index contributed by atoms with van der Waals surface area (Å²) in [7, 11) is 1.44. The van der Waals surface area contributed by atoms with Crippen LogP contribution in [0.4, 0.5) is 18.9 Å². The fourth-order valence-electron chi connectivity index (χ4n) is 4.25. The van der Waals surface area contributed by atoms with Crippen molar-refractivity contribution >= 4 is 28.3 Å². The van der Waals surface area contributed by atoms with E-state index in [-0.39, 0.29) is 28.4 Å². The van der Waals surface area contributed by atoms with E-state index in [1.807, 2.05) is 0 Å². The molecule has 2 aromatic carbocycles. The summed E-state index contributed by atoms with van der Waals surface area (Å²) in [5.41, 5.74) is -0.136. The number of carbonyl (C=O) groups is 2. The molecule has 1 aliphatic rings. The van der Waals surface area contributed by atoms with Gasteiger partial charge in [0.1, 0.15) is 23.3 Å². The standard InChI is InChI=1S/C26H18F3NO7/c1-13-9-10-17(35-13)21-20(22(31)19-11-14-5-3-8-18(34-2)24(14)36-19)23(32)25(33)30(21)15-6-4-7-16(12-15)37-26(27,28)29/h3-12,21,32H,1-2H3. The molecular formula is C26H18F3NO7. The molecule has 1 atom stereocenters. The van der Waals surface area contributed by atoms with Crippen LogP contribution in [0.2, 0.25) is 0 Å². The summed E-state index contributed by atoms with van der Waals surface area (Å²) in [5.74, 6) is -2.56. The molecule has 0 bridgehead atoms. The highest BCUT2D eigenvalue weighted by molar-refractivity contribution is 6.20. The van der Waals surface area contributed by atoms with Crippen molar-refractivity contribution < 1.29 is 46.2 Å². The Labute approximate surface area is 207 Å². The van der Waals surface area contributed by atoms with Crippen LogP contribution in [-0.2, 0) is 4.79 Å². The van der Waals surface area contributed by atoms with Crippen molar-refractivity contribution in [3.05, 3.63) is 89.3 Å². The molecule has 4 aromatic rings. The number of Topliss-reactive ketones (excluding diaryl/α,β-unsaturated/α-hetero) is 1. The third-order valence-electron chi connectivity index (χ3n) is 5.76. The number of aryl methyl sites for hydroxylation is 1. The minimum atomic E-state index is -4.96. The molecule has 190 valence electrons. The zero-order chi connectivity index (χ0) is 26.5. The quantitative estimate of drug-likeness (QED) is 0.314. The minimum Gasteiger partial charge on any atom is -0.503 e. The SMILES string of the molecule is COc1cccc2cc(C(=O)C3=C(O)C(=O)N(c4cccc(OC(F)(F)F)c4)C3c3ccc(C)o3)oc12. The lowest BCUT2D eigenvalue weighted by molar-refractivity contribution is -0.274. The normalized spacial score (nSPS) is 16.1. The molecule has 2 aromatic heterocycles. The number of fused-ring (bicyclic) bond motifs is 1. The molecule has 0 spiro atoms. The van der Waals surface area contributed by atoms with Gasteiger partial charge >= 0.3 is 6.36 Å². The lowest BCUT2D eigenvalue weighted by Crippen LogP contribution is -2.31. The fraction of sp³-hybridized carbons (Fsp3) is 0.154. The first-order chi connectivity index (χ1) is 17.6. The van der Waals surface area contributed by atoms with Crippen LogP contribution in [0, 0.1) is 6.92 Å². The molecule has 0 saturated heterocycles. The Morgan fingerprint density at radius 1 is 1.05 bits per heavy atom. The number of para-hydroxylation sites is 1.